The minimum atomic E-state index is -0.216. The molecule has 1 aromatic carbocycles. The second kappa shape index (κ2) is 6.38. The molecule has 0 N–H and O–H groups in total. The number of benzene rings is 1. The molecule has 100 valence electrons. The molecule has 0 saturated heterocycles. The Balaban J connectivity index is 1.93. The Morgan fingerprint density at radius 1 is 1.37 bits per heavy atom. The maximum absolute atomic E-state index is 11.0. The molecule has 0 aliphatic rings. The number of halogens is 1. The molecule has 5 heteroatoms. The van der Waals surface area contributed by atoms with Crippen molar-refractivity contribution >= 4 is 17.6 Å². The maximum atomic E-state index is 11.0. The van der Waals surface area contributed by atoms with E-state index >= 15 is 0 Å². The van der Waals surface area contributed by atoms with Crippen LogP contribution in [0.25, 0.3) is 0 Å². The third kappa shape index (κ3) is 4.10. The third-order valence-electron chi connectivity index (χ3n) is 2.78. The molecule has 0 unspecified atom stereocenters. The lowest BCUT2D eigenvalue weighted by atomic mass is 10.2. The SMILES string of the molecule is COC(=O)CCc1cn(Cc2ccc(Cl)cc2)cn1. The van der Waals surface area contributed by atoms with Gasteiger partial charge in [-0.05, 0) is 17.7 Å². The number of ether oxygens (including phenoxy) is 1. The van der Waals surface area contributed by atoms with E-state index in [9.17, 15) is 4.79 Å². The van der Waals surface area contributed by atoms with Crippen LogP contribution in [0.15, 0.2) is 36.8 Å². The molecule has 0 atom stereocenters. The highest BCUT2D eigenvalue weighted by Crippen LogP contribution is 2.11. The van der Waals surface area contributed by atoms with Gasteiger partial charge in [0.2, 0.25) is 0 Å². The Morgan fingerprint density at radius 2 is 2.11 bits per heavy atom. The number of methoxy groups -OCH3 is 1. The van der Waals surface area contributed by atoms with Crippen LogP contribution in [0.3, 0.4) is 0 Å². The van der Waals surface area contributed by atoms with Crippen LogP contribution in [0.2, 0.25) is 5.02 Å². The first kappa shape index (κ1) is 13.6. The summed E-state index contributed by atoms with van der Waals surface area (Å²) in [6, 6.07) is 7.70. The van der Waals surface area contributed by atoms with Crippen LogP contribution in [-0.4, -0.2) is 22.6 Å². The van der Waals surface area contributed by atoms with E-state index in [0.717, 1.165) is 22.8 Å². The van der Waals surface area contributed by atoms with Gasteiger partial charge in [-0.3, -0.25) is 4.79 Å². The van der Waals surface area contributed by atoms with Gasteiger partial charge in [-0.25, -0.2) is 4.98 Å². The van der Waals surface area contributed by atoms with E-state index in [2.05, 4.69) is 9.72 Å². The van der Waals surface area contributed by atoms with Gasteiger partial charge in [-0.1, -0.05) is 23.7 Å². The van der Waals surface area contributed by atoms with Gasteiger partial charge in [0.05, 0.1) is 25.6 Å². The number of carbonyl (C=O) groups is 1. The van der Waals surface area contributed by atoms with Gasteiger partial charge < -0.3 is 9.30 Å². The molecular weight excluding hydrogens is 264 g/mol. The summed E-state index contributed by atoms with van der Waals surface area (Å²) in [6.07, 6.45) is 4.66. The summed E-state index contributed by atoms with van der Waals surface area (Å²) >= 11 is 5.84. The Kier molecular flexibility index (Phi) is 4.58. The normalized spacial score (nSPS) is 10.4. The Labute approximate surface area is 117 Å². The van der Waals surface area contributed by atoms with Gasteiger partial charge >= 0.3 is 5.97 Å². The second-order valence-electron chi connectivity index (χ2n) is 4.24. The number of hydrogen-bond acceptors (Lipinski definition) is 3. The van der Waals surface area contributed by atoms with Crippen molar-refractivity contribution in [1.29, 1.82) is 0 Å². The Hall–Kier alpha value is -1.81. The second-order valence-corrected chi connectivity index (χ2v) is 4.68. The standard InChI is InChI=1S/C14H15ClN2O2/c1-19-14(18)7-6-13-9-17(10-16-13)8-11-2-4-12(15)5-3-11/h2-5,9-10H,6-8H2,1H3. The Bertz CT molecular complexity index is 549. The number of esters is 1. The largest absolute Gasteiger partial charge is 0.469 e. The number of hydrogen-bond donors (Lipinski definition) is 0. The van der Waals surface area contributed by atoms with Gasteiger partial charge in [0.1, 0.15) is 0 Å². The average molecular weight is 279 g/mol. The average Bonchev–Trinajstić information content (AvgIpc) is 2.86. The van der Waals surface area contributed by atoms with Gasteiger partial charge in [-0.15, -0.1) is 0 Å². The van der Waals surface area contributed by atoms with Crippen LogP contribution >= 0.6 is 11.6 Å². The zero-order chi connectivity index (χ0) is 13.7. The van der Waals surface area contributed by atoms with Gasteiger partial charge in [0, 0.05) is 24.2 Å². The number of carbonyl (C=O) groups excluding carboxylic acids is 1. The highest BCUT2D eigenvalue weighted by molar-refractivity contribution is 6.30. The van der Waals surface area contributed by atoms with E-state index in [-0.39, 0.29) is 5.97 Å². The van der Waals surface area contributed by atoms with Crippen LogP contribution in [0.1, 0.15) is 17.7 Å². The molecule has 0 spiro atoms. The van der Waals surface area contributed by atoms with Crippen LogP contribution < -0.4 is 0 Å². The van der Waals surface area contributed by atoms with Crippen molar-refractivity contribution in [3.63, 3.8) is 0 Å². The lowest BCUT2D eigenvalue weighted by Gasteiger charge is -2.02. The van der Waals surface area contributed by atoms with Crippen molar-refractivity contribution in [3.8, 4) is 0 Å². The van der Waals surface area contributed by atoms with E-state index in [4.69, 9.17) is 11.6 Å². The van der Waals surface area contributed by atoms with Gasteiger partial charge in [-0.2, -0.15) is 0 Å². The number of aromatic nitrogens is 2. The number of aryl methyl sites for hydroxylation is 1. The number of rotatable bonds is 5. The molecule has 0 radical (unpaired) electrons. The first-order chi connectivity index (χ1) is 9.17. The highest BCUT2D eigenvalue weighted by Gasteiger charge is 2.04. The summed E-state index contributed by atoms with van der Waals surface area (Å²) in [5.74, 6) is -0.216. The fourth-order valence-corrected chi connectivity index (χ4v) is 1.88. The molecule has 19 heavy (non-hydrogen) atoms. The molecule has 4 nitrogen and oxygen atoms in total. The first-order valence-electron chi connectivity index (χ1n) is 5.99. The van der Waals surface area contributed by atoms with Crippen LogP contribution in [0.5, 0.6) is 0 Å². The molecule has 2 rings (SSSR count). The van der Waals surface area contributed by atoms with Gasteiger partial charge in [0.15, 0.2) is 0 Å². The molecule has 0 fully saturated rings. The van der Waals surface area contributed by atoms with E-state index in [1.807, 2.05) is 35.0 Å². The van der Waals surface area contributed by atoms with Crippen molar-refractivity contribution in [2.45, 2.75) is 19.4 Å². The highest BCUT2D eigenvalue weighted by atomic mass is 35.5. The van der Waals surface area contributed by atoms with E-state index in [1.54, 1.807) is 6.33 Å². The quantitative estimate of drug-likeness (QED) is 0.790. The van der Waals surface area contributed by atoms with E-state index in [1.165, 1.54) is 7.11 Å². The molecule has 0 saturated carbocycles. The molecule has 1 heterocycles. The fraction of sp³-hybridized carbons (Fsp3) is 0.286. The molecule has 0 bridgehead atoms. The third-order valence-corrected chi connectivity index (χ3v) is 3.03. The van der Waals surface area contributed by atoms with Crippen molar-refractivity contribution in [1.82, 2.24) is 9.55 Å². The molecular formula is C14H15ClN2O2. The minimum absolute atomic E-state index is 0.216. The van der Waals surface area contributed by atoms with E-state index in [0.29, 0.717) is 12.8 Å². The maximum Gasteiger partial charge on any atom is 0.305 e. The predicted molar refractivity (Wildman–Crippen MR) is 73.1 cm³/mol. The zero-order valence-electron chi connectivity index (χ0n) is 10.7. The van der Waals surface area contributed by atoms with Crippen LogP contribution in [-0.2, 0) is 22.5 Å². The molecule has 2 aromatic rings. The lowest BCUT2D eigenvalue weighted by Crippen LogP contribution is -2.02. The fourth-order valence-electron chi connectivity index (χ4n) is 1.75. The number of nitrogens with zero attached hydrogens (tertiary/aromatic N) is 2. The van der Waals surface area contributed by atoms with Gasteiger partial charge in [0.25, 0.3) is 0 Å². The molecule has 1 aromatic heterocycles. The van der Waals surface area contributed by atoms with Crippen LogP contribution in [0, 0.1) is 0 Å². The van der Waals surface area contributed by atoms with Crippen molar-refractivity contribution < 1.29 is 9.53 Å². The Morgan fingerprint density at radius 3 is 2.79 bits per heavy atom. The molecule has 0 aliphatic carbocycles. The summed E-state index contributed by atoms with van der Waals surface area (Å²) in [6.45, 7) is 0.738. The summed E-state index contributed by atoms with van der Waals surface area (Å²) in [4.78, 5) is 15.3. The molecule has 0 aliphatic heterocycles. The number of imidazole rings is 1. The summed E-state index contributed by atoms with van der Waals surface area (Å²) < 4.78 is 6.58. The topological polar surface area (TPSA) is 44.1 Å². The zero-order valence-corrected chi connectivity index (χ0v) is 11.4. The minimum Gasteiger partial charge on any atom is -0.469 e. The monoisotopic (exact) mass is 278 g/mol. The van der Waals surface area contributed by atoms with E-state index < -0.39 is 0 Å². The van der Waals surface area contributed by atoms with Crippen molar-refractivity contribution in [3.05, 3.63) is 53.1 Å². The first-order valence-corrected chi connectivity index (χ1v) is 6.37. The lowest BCUT2D eigenvalue weighted by molar-refractivity contribution is -0.140. The summed E-state index contributed by atoms with van der Waals surface area (Å²) in [7, 11) is 1.39. The van der Waals surface area contributed by atoms with Crippen molar-refractivity contribution in [2.24, 2.45) is 0 Å². The molecule has 0 amide bonds. The smallest absolute Gasteiger partial charge is 0.305 e. The van der Waals surface area contributed by atoms with Crippen LogP contribution in [0.4, 0.5) is 0 Å². The van der Waals surface area contributed by atoms with Crippen molar-refractivity contribution in [2.75, 3.05) is 7.11 Å². The summed E-state index contributed by atoms with van der Waals surface area (Å²) in [5.41, 5.74) is 2.04. The predicted octanol–water partition coefficient (Wildman–Crippen LogP) is 2.69. The summed E-state index contributed by atoms with van der Waals surface area (Å²) in [5, 5.41) is 0.730.